The summed E-state index contributed by atoms with van der Waals surface area (Å²) in [5.74, 6) is -0.235. The largest absolute Gasteiger partial charge is 0.475 e. The molecule has 0 unspecified atom stereocenters. The van der Waals surface area contributed by atoms with Gasteiger partial charge in [-0.3, -0.25) is 4.79 Å². The second kappa shape index (κ2) is 9.48. The fraction of sp³-hybridized carbons (Fsp3) is 0.217. The van der Waals surface area contributed by atoms with Crippen molar-refractivity contribution in [2.24, 2.45) is 0 Å². The maximum absolute atomic E-state index is 13.6. The molecule has 3 heterocycles. The van der Waals surface area contributed by atoms with Crippen LogP contribution in [0.25, 0.3) is 22.4 Å². The average molecular weight is 472 g/mol. The maximum Gasteiger partial charge on any atom is 0.417 e. The van der Waals surface area contributed by atoms with Crippen molar-refractivity contribution in [1.82, 2.24) is 15.1 Å². The van der Waals surface area contributed by atoms with E-state index in [1.807, 2.05) is 0 Å². The number of nitrogens with zero attached hydrogens (tertiary/aromatic N) is 3. The molecule has 1 N–H and O–H groups in total. The van der Waals surface area contributed by atoms with Crippen molar-refractivity contribution in [3.63, 3.8) is 0 Å². The van der Waals surface area contributed by atoms with Crippen molar-refractivity contribution in [1.29, 1.82) is 0 Å². The third-order valence-electron chi connectivity index (χ3n) is 4.90. The number of methoxy groups -OCH3 is 1. The molecule has 0 aliphatic heterocycles. The Balaban J connectivity index is 1.69. The van der Waals surface area contributed by atoms with E-state index in [1.54, 1.807) is 26.2 Å². The van der Waals surface area contributed by atoms with Gasteiger partial charge in [-0.25, -0.2) is 9.97 Å². The van der Waals surface area contributed by atoms with E-state index in [9.17, 15) is 18.0 Å². The molecule has 4 aromatic rings. The summed E-state index contributed by atoms with van der Waals surface area (Å²) in [5, 5.41) is 6.81. The summed E-state index contributed by atoms with van der Waals surface area (Å²) in [6.45, 7) is 2.33. The number of pyridine rings is 2. The number of carbonyl (C=O) groups is 1. The first-order chi connectivity index (χ1) is 16.3. The molecular formula is C23H19F3N4O4. The van der Waals surface area contributed by atoms with Crippen LogP contribution in [0.5, 0.6) is 5.88 Å². The molecule has 3 aromatic heterocycles. The molecule has 0 aliphatic rings. The van der Waals surface area contributed by atoms with E-state index in [4.69, 9.17) is 14.0 Å². The number of rotatable bonds is 7. The van der Waals surface area contributed by atoms with Gasteiger partial charge in [-0.15, -0.1) is 0 Å². The molecule has 0 saturated heterocycles. The molecule has 0 saturated carbocycles. The van der Waals surface area contributed by atoms with Crippen molar-refractivity contribution < 1.29 is 32.0 Å². The number of carbonyl (C=O) groups excluding carboxylic acids is 1. The highest BCUT2D eigenvalue weighted by Crippen LogP contribution is 2.37. The molecule has 0 radical (unpaired) electrons. The van der Waals surface area contributed by atoms with Gasteiger partial charge < -0.3 is 19.3 Å². The van der Waals surface area contributed by atoms with Crippen LogP contribution in [-0.4, -0.2) is 41.4 Å². The van der Waals surface area contributed by atoms with Crippen LogP contribution in [0, 0.1) is 6.92 Å². The van der Waals surface area contributed by atoms with Crippen molar-refractivity contribution >= 4 is 22.7 Å². The first-order valence-electron chi connectivity index (χ1n) is 10.1. The number of benzene rings is 1. The minimum Gasteiger partial charge on any atom is -0.475 e. The molecule has 11 heteroatoms. The van der Waals surface area contributed by atoms with Gasteiger partial charge in [0.1, 0.15) is 6.61 Å². The SMILES string of the molecule is COCCOc1ccc(NC(=O)c2cc(-c3ccccc3C(F)(F)F)nc3onc(C)c23)cn1. The molecule has 0 spiro atoms. The molecule has 0 aliphatic carbocycles. The molecule has 34 heavy (non-hydrogen) atoms. The predicted molar refractivity (Wildman–Crippen MR) is 117 cm³/mol. The summed E-state index contributed by atoms with van der Waals surface area (Å²) in [5.41, 5.74) is -0.365. The zero-order valence-electron chi connectivity index (χ0n) is 18.1. The van der Waals surface area contributed by atoms with Crippen molar-refractivity contribution in [3.05, 3.63) is 65.5 Å². The summed E-state index contributed by atoms with van der Waals surface area (Å²) in [7, 11) is 1.55. The summed E-state index contributed by atoms with van der Waals surface area (Å²) in [4.78, 5) is 21.4. The molecular weight excluding hydrogens is 453 g/mol. The van der Waals surface area contributed by atoms with E-state index in [-0.39, 0.29) is 22.5 Å². The molecule has 4 rings (SSSR count). The molecule has 1 aromatic carbocycles. The Bertz CT molecular complexity index is 1320. The number of alkyl halides is 3. The average Bonchev–Trinajstić information content (AvgIpc) is 3.20. The van der Waals surface area contributed by atoms with E-state index < -0.39 is 17.6 Å². The quantitative estimate of drug-likeness (QED) is 0.382. The van der Waals surface area contributed by atoms with Crippen LogP contribution >= 0.6 is 0 Å². The van der Waals surface area contributed by atoms with E-state index >= 15 is 0 Å². The van der Waals surface area contributed by atoms with Crippen LogP contribution in [0.1, 0.15) is 21.6 Å². The third kappa shape index (κ3) is 4.84. The zero-order chi connectivity index (χ0) is 24.3. The second-order valence-electron chi connectivity index (χ2n) is 7.23. The number of fused-ring (bicyclic) bond motifs is 1. The number of halogens is 3. The Morgan fingerprint density at radius 3 is 2.65 bits per heavy atom. The van der Waals surface area contributed by atoms with Crippen molar-refractivity contribution in [2.75, 3.05) is 25.6 Å². The minimum atomic E-state index is -4.61. The number of aryl methyl sites for hydroxylation is 1. The van der Waals surface area contributed by atoms with Gasteiger partial charge in [0.05, 0.1) is 46.4 Å². The number of amides is 1. The summed E-state index contributed by atoms with van der Waals surface area (Å²) < 4.78 is 56.2. The Labute approximate surface area is 191 Å². The Morgan fingerprint density at radius 2 is 1.94 bits per heavy atom. The van der Waals surface area contributed by atoms with Crippen LogP contribution in [0.3, 0.4) is 0 Å². The third-order valence-corrected chi connectivity index (χ3v) is 4.90. The number of nitrogens with one attached hydrogen (secondary N) is 1. The Kier molecular flexibility index (Phi) is 6.46. The number of ether oxygens (including phenoxy) is 2. The highest BCUT2D eigenvalue weighted by atomic mass is 19.4. The monoisotopic (exact) mass is 472 g/mol. The molecule has 8 nitrogen and oxygen atoms in total. The lowest BCUT2D eigenvalue weighted by Crippen LogP contribution is -2.14. The summed E-state index contributed by atoms with van der Waals surface area (Å²) >= 11 is 0. The van der Waals surface area contributed by atoms with Crippen molar-refractivity contribution in [2.45, 2.75) is 13.1 Å². The first-order valence-corrected chi connectivity index (χ1v) is 10.1. The van der Waals surface area contributed by atoms with Gasteiger partial charge in [0.15, 0.2) is 0 Å². The fourth-order valence-electron chi connectivity index (χ4n) is 3.33. The lowest BCUT2D eigenvalue weighted by atomic mass is 10.0. The second-order valence-corrected chi connectivity index (χ2v) is 7.23. The normalized spacial score (nSPS) is 11.6. The number of hydrogen-bond acceptors (Lipinski definition) is 7. The van der Waals surface area contributed by atoms with Gasteiger partial charge in [-0.2, -0.15) is 13.2 Å². The molecule has 176 valence electrons. The highest BCUT2D eigenvalue weighted by molar-refractivity contribution is 6.13. The summed E-state index contributed by atoms with van der Waals surface area (Å²) in [6, 6.07) is 9.44. The minimum absolute atomic E-state index is 0.0443. The molecule has 0 bridgehead atoms. The number of anilines is 1. The van der Waals surface area contributed by atoms with Gasteiger partial charge >= 0.3 is 6.18 Å². The van der Waals surface area contributed by atoms with E-state index in [2.05, 4.69) is 20.4 Å². The van der Waals surface area contributed by atoms with Gasteiger partial charge in [-0.1, -0.05) is 23.4 Å². The van der Waals surface area contributed by atoms with Crippen LogP contribution in [0.4, 0.5) is 18.9 Å². The topological polar surface area (TPSA) is 99.4 Å². The zero-order valence-corrected chi connectivity index (χ0v) is 18.1. The smallest absolute Gasteiger partial charge is 0.417 e. The van der Waals surface area contributed by atoms with Gasteiger partial charge in [0, 0.05) is 18.7 Å². The van der Waals surface area contributed by atoms with Crippen molar-refractivity contribution in [3.8, 4) is 17.1 Å². The van der Waals surface area contributed by atoms with E-state index in [0.29, 0.717) is 35.9 Å². The van der Waals surface area contributed by atoms with Crippen LogP contribution in [0.2, 0.25) is 0 Å². The van der Waals surface area contributed by atoms with Crippen LogP contribution in [-0.2, 0) is 10.9 Å². The van der Waals surface area contributed by atoms with E-state index in [0.717, 1.165) is 6.07 Å². The summed E-state index contributed by atoms with van der Waals surface area (Å²) in [6.07, 6.45) is -3.20. The molecule has 0 fully saturated rings. The Hall–Kier alpha value is -3.99. The number of hydrogen-bond donors (Lipinski definition) is 1. The highest BCUT2D eigenvalue weighted by Gasteiger charge is 2.34. The lowest BCUT2D eigenvalue weighted by molar-refractivity contribution is -0.137. The van der Waals surface area contributed by atoms with Gasteiger partial charge in [-0.05, 0) is 25.1 Å². The Morgan fingerprint density at radius 1 is 1.15 bits per heavy atom. The van der Waals surface area contributed by atoms with Gasteiger partial charge in [0.2, 0.25) is 5.88 Å². The fourth-order valence-corrected chi connectivity index (χ4v) is 3.33. The maximum atomic E-state index is 13.6. The van der Waals surface area contributed by atoms with Crippen LogP contribution < -0.4 is 10.1 Å². The van der Waals surface area contributed by atoms with Crippen LogP contribution in [0.15, 0.2) is 53.2 Å². The lowest BCUT2D eigenvalue weighted by Gasteiger charge is -2.13. The standard InChI is InChI=1S/C23H19F3N4O4/c1-13-20-16(21(31)28-14-7-8-19(27-12-14)33-10-9-32-2)11-18(29-22(20)34-30-13)15-5-3-4-6-17(15)23(24,25)26/h3-8,11-12H,9-10H2,1-2H3,(H,28,31). The predicted octanol–water partition coefficient (Wildman–Crippen LogP) is 4.89. The van der Waals surface area contributed by atoms with E-state index in [1.165, 1.54) is 30.5 Å². The molecule has 1 amide bonds. The number of aromatic nitrogens is 3. The molecule has 0 atom stereocenters. The first kappa shape index (κ1) is 23.2. The van der Waals surface area contributed by atoms with Gasteiger partial charge in [0.25, 0.3) is 11.6 Å².